The minimum Gasteiger partial charge on any atom is -0.494 e. The van der Waals surface area contributed by atoms with Gasteiger partial charge in [0.25, 0.3) is 0 Å². The number of hydrogen-bond acceptors (Lipinski definition) is 5. The second kappa shape index (κ2) is 12.9. The Labute approximate surface area is 225 Å². The Morgan fingerprint density at radius 1 is 1.00 bits per heavy atom. The second-order valence-corrected chi connectivity index (χ2v) is 11.0. The highest BCUT2D eigenvalue weighted by atomic mass is 19.1. The summed E-state index contributed by atoms with van der Waals surface area (Å²) in [6.45, 7) is 10.3. The summed E-state index contributed by atoms with van der Waals surface area (Å²) in [4.78, 5) is 15.0. The fourth-order valence-corrected chi connectivity index (χ4v) is 4.43. The number of ether oxygens (including phenoxy) is 1. The molecule has 1 aliphatic rings. The maximum atomic E-state index is 14.7. The molecule has 0 unspecified atom stereocenters. The predicted octanol–water partition coefficient (Wildman–Crippen LogP) is 6.12. The van der Waals surface area contributed by atoms with E-state index in [1.54, 1.807) is 18.2 Å². The zero-order chi connectivity index (χ0) is 27.0. The fraction of sp³-hybridized carbons (Fsp3) is 0.438. The number of aromatic nitrogens is 1. The zero-order valence-electron chi connectivity index (χ0n) is 22.7. The first-order valence-electron chi connectivity index (χ1n) is 13.5. The van der Waals surface area contributed by atoms with Crippen molar-refractivity contribution < 1.29 is 18.4 Å². The summed E-state index contributed by atoms with van der Waals surface area (Å²) >= 11 is 0. The van der Waals surface area contributed by atoms with Crippen LogP contribution in [0.25, 0.3) is 0 Å². The Kier molecular flexibility index (Phi) is 9.36. The highest BCUT2D eigenvalue weighted by Crippen LogP contribution is 2.23. The van der Waals surface area contributed by atoms with Gasteiger partial charge >= 0.3 is 0 Å². The average molecular weight is 517 g/mol. The quantitative estimate of drug-likeness (QED) is 0.253. The van der Waals surface area contributed by atoms with Gasteiger partial charge in [0.1, 0.15) is 23.1 Å². The number of likely N-dealkylation sites (tertiary alicyclic amines) is 1. The van der Waals surface area contributed by atoms with Crippen LogP contribution in [-0.2, 0) is 23.1 Å². The van der Waals surface area contributed by atoms with Gasteiger partial charge in [-0.05, 0) is 74.3 Å². The average Bonchev–Trinajstić information content (AvgIpc) is 3.37. The lowest BCUT2D eigenvalue weighted by atomic mass is 9.93. The number of Topliss-reactive ketones (excluding diaryl/α,β-unsaturated/α-hetero) is 1. The number of piperidine rings is 1. The minimum atomic E-state index is -0.436. The number of ketones is 1. The largest absolute Gasteiger partial charge is 0.494 e. The van der Waals surface area contributed by atoms with Crippen LogP contribution in [0.3, 0.4) is 0 Å². The highest BCUT2D eigenvalue weighted by molar-refractivity contribution is 5.82. The molecular weight excluding hydrogens is 479 g/mol. The fourth-order valence-electron chi connectivity index (χ4n) is 4.43. The highest BCUT2D eigenvalue weighted by Gasteiger charge is 2.21. The molecule has 4 rings (SSSR count). The molecule has 38 heavy (non-hydrogen) atoms. The van der Waals surface area contributed by atoms with Gasteiger partial charge in [0.15, 0.2) is 0 Å². The van der Waals surface area contributed by atoms with Gasteiger partial charge in [-0.2, -0.15) is 0 Å². The van der Waals surface area contributed by atoms with E-state index in [0.29, 0.717) is 23.4 Å². The molecule has 2 aromatic carbocycles. The summed E-state index contributed by atoms with van der Waals surface area (Å²) in [6, 6.07) is 14.2. The van der Waals surface area contributed by atoms with Crippen molar-refractivity contribution in [3.8, 4) is 17.6 Å². The molecule has 6 heteroatoms. The number of benzene rings is 2. The second-order valence-electron chi connectivity index (χ2n) is 11.0. The van der Waals surface area contributed by atoms with Crippen molar-refractivity contribution in [2.45, 2.75) is 64.7 Å². The van der Waals surface area contributed by atoms with Crippen LogP contribution >= 0.6 is 0 Å². The zero-order valence-corrected chi connectivity index (χ0v) is 22.7. The lowest BCUT2D eigenvalue weighted by Gasteiger charge is -2.26. The van der Waals surface area contributed by atoms with Crippen molar-refractivity contribution in [1.29, 1.82) is 0 Å². The van der Waals surface area contributed by atoms with Crippen LogP contribution in [0.5, 0.6) is 5.75 Å². The molecule has 0 bridgehead atoms. The first-order valence-corrected chi connectivity index (χ1v) is 13.5. The molecule has 1 aliphatic heterocycles. The Bertz CT molecular complexity index is 1270. The first-order chi connectivity index (χ1) is 18.3. The van der Waals surface area contributed by atoms with E-state index in [0.717, 1.165) is 30.0 Å². The third kappa shape index (κ3) is 8.29. The summed E-state index contributed by atoms with van der Waals surface area (Å²) in [6.07, 6.45) is 5.10. The van der Waals surface area contributed by atoms with Gasteiger partial charge in [0.05, 0.1) is 18.7 Å². The molecule has 1 saturated heterocycles. The molecule has 3 aromatic rings. The monoisotopic (exact) mass is 516 g/mol. The summed E-state index contributed by atoms with van der Waals surface area (Å²) in [5, 5.41) is 3.98. The number of carbonyl (C=O) groups excluding carboxylic acids is 1. The number of rotatable bonds is 9. The normalized spacial score (nSPS) is 14.1. The summed E-state index contributed by atoms with van der Waals surface area (Å²) < 4.78 is 25.9. The van der Waals surface area contributed by atoms with Crippen molar-refractivity contribution in [3.63, 3.8) is 0 Å². The number of nitrogens with zero attached hydrogens (tertiary/aromatic N) is 2. The molecule has 1 aromatic heterocycles. The van der Waals surface area contributed by atoms with Gasteiger partial charge in [0, 0.05) is 35.6 Å². The van der Waals surface area contributed by atoms with Crippen LogP contribution in [-0.4, -0.2) is 42.1 Å². The van der Waals surface area contributed by atoms with E-state index in [-0.39, 0.29) is 24.0 Å². The lowest BCUT2D eigenvalue weighted by Crippen LogP contribution is -2.31. The van der Waals surface area contributed by atoms with Crippen molar-refractivity contribution >= 4 is 5.78 Å². The topological polar surface area (TPSA) is 55.6 Å². The molecule has 2 heterocycles. The van der Waals surface area contributed by atoms with Crippen molar-refractivity contribution in [3.05, 3.63) is 82.5 Å². The Balaban J connectivity index is 1.25. The molecule has 0 saturated carbocycles. The van der Waals surface area contributed by atoms with Crippen molar-refractivity contribution in [2.75, 3.05) is 26.2 Å². The van der Waals surface area contributed by atoms with E-state index < -0.39 is 5.82 Å². The Hall–Kier alpha value is -3.43. The van der Waals surface area contributed by atoms with Gasteiger partial charge in [-0.25, -0.2) is 4.39 Å². The Morgan fingerprint density at radius 3 is 2.39 bits per heavy atom. The van der Waals surface area contributed by atoms with E-state index in [1.165, 1.54) is 38.4 Å². The standard InChI is InChI=1S/C32H37FN2O3/c1-32(2,3)31-23-27(34-38-31)22-28(36)21-26-13-10-25(20-30(26)33)9-8-24-11-14-29(15-12-24)37-19-7-18-35-16-5-4-6-17-35/h10-15,20,23H,4-7,16-19,21-22H2,1-3H3. The lowest BCUT2D eigenvalue weighted by molar-refractivity contribution is -0.117. The van der Waals surface area contributed by atoms with Crippen molar-refractivity contribution in [1.82, 2.24) is 10.1 Å². The van der Waals surface area contributed by atoms with Gasteiger partial charge in [-0.15, -0.1) is 0 Å². The number of carbonyl (C=O) groups is 1. The Morgan fingerprint density at radius 2 is 1.71 bits per heavy atom. The minimum absolute atomic E-state index is 0.00323. The van der Waals surface area contributed by atoms with E-state index in [4.69, 9.17) is 9.26 Å². The summed E-state index contributed by atoms with van der Waals surface area (Å²) in [7, 11) is 0. The van der Waals surface area contributed by atoms with Gasteiger partial charge < -0.3 is 14.2 Å². The molecule has 200 valence electrons. The molecule has 5 nitrogen and oxygen atoms in total. The summed E-state index contributed by atoms with van der Waals surface area (Å²) in [5.41, 5.74) is 2.12. The smallest absolute Gasteiger partial charge is 0.143 e. The third-order valence-corrected chi connectivity index (χ3v) is 6.66. The van der Waals surface area contributed by atoms with Gasteiger partial charge in [-0.3, -0.25) is 4.79 Å². The van der Waals surface area contributed by atoms with Crippen LogP contribution in [0.2, 0.25) is 0 Å². The van der Waals surface area contributed by atoms with E-state index >= 15 is 0 Å². The molecule has 0 radical (unpaired) electrons. The van der Waals surface area contributed by atoms with Gasteiger partial charge in [0.2, 0.25) is 0 Å². The SMILES string of the molecule is CC(C)(C)c1cc(CC(=O)Cc2ccc(C#Cc3ccc(OCCCN4CCCCC4)cc3)cc2F)no1. The van der Waals surface area contributed by atoms with Crippen LogP contribution in [0.4, 0.5) is 4.39 Å². The maximum absolute atomic E-state index is 14.7. The molecule has 0 amide bonds. The van der Waals surface area contributed by atoms with Gasteiger partial charge in [-0.1, -0.05) is 50.3 Å². The maximum Gasteiger partial charge on any atom is 0.143 e. The predicted molar refractivity (Wildman–Crippen MR) is 147 cm³/mol. The number of hydrogen-bond donors (Lipinski definition) is 0. The summed E-state index contributed by atoms with van der Waals surface area (Å²) in [5.74, 6) is 7.07. The molecule has 0 atom stereocenters. The van der Waals surface area contributed by atoms with E-state index in [9.17, 15) is 9.18 Å². The van der Waals surface area contributed by atoms with Crippen LogP contribution in [0, 0.1) is 17.7 Å². The van der Waals surface area contributed by atoms with Crippen molar-refractivity contribution in [2.24, 2.45) is 0 Å². The van der Waals surface area contributed by atoms with E-state index in [1.807, 2.05) is 45.0 Å². The molecule has 0 N–H and O–H groups in total. The molecular formula is C32H37FN2O3. The van der Waals surface area contributed by atoms with Crippen LogP contribution in [0.15, 0.2) is 53.1 Å². The first kappa shape index (κ1) is 27.6. The van der Waals surface area contributed by atoms with Crippen LogP contribution in [0.1, 0.15) is 74.6 Å². The third-order valence-electron chi connectivity index (χ3n) is 6.66. The molecule has 0 aliphatic carbocycles. The number of halogens is 1. The van der Waals surface area contributed by atoms with E-state index in [2.05, 4.69) is 21.9 Å². The van der Waals surface area contributed by atoms with Crippen LogP contribution < -0.4 is 4.74 Å². The molecule has 1 fully saturated rings. The molecule has 0 spiro atoms.